The van der Waals surface area contributed by atoms with Crippen LogP contribution in [-0.4, -0.2) is 0 Å². The van der Waals surface area contributed by atoms with Crippen LogP contribution in [0.15, 0.2) is 22.7 Å². The summed E-state index contributed by atoms with van der Waals surface area (Å²) < 4.78 is 25.1. The van der Waals surface area contributed by atoms with E-state index in [0.717, 1.165) is 0 Å². The molecular formula is C7H7BrF2N2. The van der Waals surface area contributed by atoms with Crippen molar-refractivity contribution in [1.29, 1.82) is 0 Å². The summed E-state index contributed by atoms with van der Waals surface area (Å²) in [6.45, 7) is 0. The normalized spacial score (nSPS) is 10.4. The van der Waals surface area contributed by atoms with Crippen molar-refractivity contribution >= 4 is 21.6 Å². The molecule has 0 saturated heterocycles. The monoisotopic (exact) mass is 236 g/mol. The van der Waals surface area contributed by atoms with E-state index in [0.29, 0.717) is 4.47 Å². The van der Waals surface area contributed by atoms with E-state index in [2.05, 4.69) is 21.4 Å². The van der Waals surface area contributed by atoms with E-state index in [-0.39, 0.29) is 11.3 Å². The van der Waals surface area contributed by atoms with Crippen LogP contribution in [0.2, 0.25) is 0 Å². The summed E-state index contributed by atoms with van der Waals surface area (Å²) >= 11 is 3.10. The predicted octanol–water partition coefficient (Wildman–Crippen LogP) is 2.67. The average molecular weight is 237 g/mol. The smallest absolute Gasteiger partial charge is 0.265 e. The van der Waals surface area contributed by atoms with Crippen molar-refractivity contribution in [2.24, 2.45) is 5.84 Å². The molecule has 2 nitrogen and oxygen atoms in total. The van der Waals surface area contributed by atoms with E-state index in [1.807, 2.05) is 0 Å². The molecule has 66 valence electrons. The van der Waals surface area contributed by atoms with E-state index < -0.39 is 6.43 Å². The molecule has 0 atom stereocenters. The van der Waals surface area contributed by atoms with E-state index in [9.17, 15) is 8.78 Å². The fourth-order valence-electron chi connectivity index (χ4n) is 0.875. The first-order valence-electron chi connectivity index (χ1n) is 3.20. The Balaban J connectivity index is 3.18. The molecule has 0 unspecified atom stereocenters. The number of alkyl halides is 2. The van der Waals surface area contributed by atoms with Crippen molar-refractivity contribution in [1.82, 2.24) is 0 Å². The summed E-state index contributed by atoms with van der Waals surface area (Å²) in [5.41, 5.74) is 2.34. The second-order valence-corrected chi connectivity index (χ2v) is 3.00. The number of nitrogens with two attached hydrogens (primary N) is 1. The first-order valence-corrected chi connectivity index (χ1v) is 3.99. The summed E-state index contributed by atoms with van der Waals surface area (Å²) in [4.78, 5) is 0. The van der Waals surface area contributed by atoms with Crippen LogP contribution in [0.4, 0.5) is 14.5 Å². The zero-order valence-electron chi connectivity index (χ0n) is 6.02. The van der Waals surface area contributed by atoms with E-state index >= 15 is 0 Å². The zero-order valence-corrected chi connectivity index (χ0v) is 7.61. The molecular weight excluding hydrogens is 230 g/mol. The van der Waals surface area contributed by atoms with Crippen molar-refractivity contribution in [3.05, 3.63) is 28.2 Å². The van der Waals surface area contributed by atoms with Gasteiger partial charge in [-0.25, -0.2) is 8.78 Å². The van der Waals surface area contributed by atoms with Crippen molar-refractivity contribution in [3.8, 4) is 0 Å². The molecule has 0 bridgehead atoms. The Morgan fingerprint density at radius 1 is 1.42 bits per heavy atom. The molecule has 0 aromatic heterocycles. The summed E-state index contributed by atoms with van der Waals surface area (Å²) in [7, 11) is 0. The Kier molecular flexibility index (Phi) is 2.99. The molecule has 0 aliphatic rings. The number of rotatable bonds is 2. The minimum absolute atomic E-state index is 0.105. The van der Waals surface area contributed by atoms with Crippen molar-refractivity contribution in [2.45, 2.75) is 6.43 Å². The molecule has 0 amide bonds. The fraction of sp³-hybridized carbons (Fsp3) is 0.143. The lowest BCUT2D eigenvalue weighted by Gasteiger charge is -2.09. The molecule has 3 N–H and O–H groups in total. The Labute approximate surface area is 76.9 Å². The summed E-state index contributed by atoms with van der Waals surface area (Å²) in [5, 5.41) is 0. The molecule has 1 aromatic rings. The van der Waals surface area contributed by atoms with Gasteiger partial charge in [0.25, 0.3) is 6.43 Å². The molecule has 0 fully saturated rings. The fourth-order valence-corrected chi connectivity index (χ4v) is 1.37. The molecule has 0 radical (unpaired) electrons. The van der Waals surface area contributed by atoms with Crippen molar-refractivity contribution < 1.29 is 8.78 Å². The van der Waals surface area contributed by atoms with Gasteiger partial charge >= 0.3 is 0 Å². The molecule has 0 aliphatic carbocycles. The summed E-state index contributed by atoms with van der Waals surface area (Å²) in [6, 6.07) is 4.50. The number of para-hydroxylation sites is 1. The number of nitrogen functional groups attached to an aromatic ring is 1. The number of anilines is 1. The third-order valence-electron chi connectivity index (χ3n) is 1.43. The highest BCUT2D eigenvalue weighted by Gasteiger charge is 2.13. The molecule has 0 heterocycles. The van der Waals surface area contributed by atoms with E-state index in [1.165, 1.54) is 12.1 Å². The predicted molar refractivity (Wildman–Crippen MR) is 46.9 cm³/mol. The third-order valence-corrected chi connectivity index (χ3v) is 2.09. The quantitative estimate of drug-likeness (QED) is 0.613. The Morgan fingerprint density at radius 2 is 2.08 bits per heavy atom. The van der Waals surface area contributed by atoms with Gasteiger partial charge in [-0.3, -0.25) is 5.84 Å². The molecule has 12 heavy (non-hydrogen) atoms. The standard InChI is InChI=1S/C7H7BrF2N2/c8-5-3-1-2-4(7(9)10)6(5)12-11/h1-3,7,12H,11H2. The number of hydrogen-bond donors (Lipinski definition) is 2. The van der Waals surface area contributed by atoms with Crippen LogP contribution in [0.3, 0.4) is 0 Å². The van der Waals surface area contributed by atoms with E-state index in [4.69, 9.17) is 5.84 Å². The van der Waals surface area contributed by atoms with Crippen LogP contribution < -0.4 is 11.3 Å². The third kappa shape index (κ3) is 1.73. The first kappa shape index (κ1) is 9.41. The van der Waals surface area contributed by atoms with Crippen LogP contribution in [0.1, 0.15) is 12.0 Å². The second-order valence-electron chi connectivity index (χ2n) is 2.15. The number of nitrogens with one attached hydrogen (secondary N) is 1. The Morgan fingerprint density at radius 3 is 2.50 bits per heavy atom. The van der Waals surface area contributed by atoms with Crippen molar-refractivity contribution in [3.63, 3.8) is 0 Å². The molecule has 1 rings (SSSR count). The molecule has 0 saturated carbocycles. The molecule has 0 spiro atoms. The van der Waals surface area contributed by atoms with Crippen molar-refractivity contribution in [2.75, 3.05) is 5.43 Å². The number of hydrazine groups is 1. The second kappa shape index (κ2) is 3.82. The highest BCUT2D eigenvalue weighted by Crippen LogP contribution is 2.32. The van der Waals surface area contributed by atoms with E-state index in [1.54, 1.807) is 6.07 Å². The van der Waals surface area contributed by atoms with Gasteiger partial charge in [0.1, 0.15) is 0 Å². The topological polar surface area (TPSA) is 38.0 Å². The number of benzene rings is 1. The summed E-state index contributed by atoms with van der Waals surface area (Å²) in [5.74, 6) is 5.08. The highest BCUT2D eigenvalue weighted by atomic mass is 79.9. The molecule has 5 heteroatoms. The lowest BCUT2D eigenvalue weighted by Crippen LogP contribution is -2.10. The lowest BCUT2D eigenvalue weighted by atomic mass is 10.2. The van der Waals surface area contributed by atoms with Crippen LogP contribution in [0.5, 0.6) is 0 Å². The zero-order chi connectivity index (χ0) is 9.14. The summed E-state index contributed by atoms with van der Waals surface area (Å²) in [6.07, 6.45) is -2.52. The lowest BCUT2D eigenvalue weighted by molar-refractivity contribution is 0.152. The number of halogens is 3. The van der Waals surface area contributed by atoms with Gasteiger partial charge in [-0.05, 0) is 22.0 Å². The van der Waals surface area contributed by atoms with Gasteiger partial charge in [0.15, 0.2) is 0 Å². The largest absolute Gasteiger partial charge is 0.323 e. The van der Waals surface area contributed by atoms with Crippen LogP contribution in [0.25, 0.3) is 0 Å². The maximum atomic E-state index is 12.3. The van der Waals surface area contributed by atoms with Gasteiger partial charge in [-0.1, -0.05) is 12.1 Å². The van der Waals surface area contributed by atoms with Crippen LogP contribution >= 0.6 is 15.9 Å². The van der Waals surface area contributed by atoms with Gasteiger partial charge in [0.05, 0.1) is 5.69 Å². The first-order chi connectivity index (χ1) is 5.66. The maximum Gasteiger partial charge on any atom is 0.265 e. The van der Waals surface area contributed by atoms with Gasteiger partial charge in [-0.15, -0.1) is 0 Å². The van der Waals surface area contributed by atoms with Crippen LogP contribution in [0, 0.1) is 0 Å². The minimum atomic E-state index is -2.52. The number of hydrogen-bond acceptors (Lipinski definition) is 2. The maximum absolute atomic E-state index is 12.3. The Hall–Kier alpha value is -0.680. The molecule has 1 aromatic carbocycles. The van der Waals surface area contributed by atoms with Gasteiger partial charge in [0, 0.05) is 10.0 Å². The average Bonchev–Trinajstić information content (AvgIpc) is 2.03. The van der Waals surface area contributed by atoms with Gasteiger partial charge in [0.2, 0.25) is 0 Å². The molecule has 0 aliphatic heterocycles. The van der Waals surface area contributed by atoms with Gasteiger partial charge in [-0.2, -0.15) is 0 Å². The van der Waals surface area contributed by atoms with Crippen LogP contribution in [-0.2, 0) is 0 Å². The Bertz CT molecular complexity index is 278. The SMILES string of the molecule is NNc1c(Br)cccc1C(F)F. The highest BCUT2D eigenvalue weighted by molar-refractivity contribution is 9.10. The van der Waals surface area contributed by atoms with Gasteiger partial charge < -0.3 is 5.43 Å². The minimum Gasteiger partial charge on any atom is -0.323 e.